The Morgan fingerprint density at radius 2 is 1.54 bits per heavy atom. The zero-order chi connectivity index (χ0) is 27.7. The van der Waals surface area contributed by atoms with Crippen molar-refractivity contribution in [3.63, 3.8) is 0 Å². The fraction of sp³-hybridized carbons (Fsp3) is 0.516. The summed E-state index contributed by atoms with van der Waals surface area (Å²) in [5.74, 6) is -1.31. The maximum Gasteiger partial charge on any atom is 0.410 e. The Balaban J connectivity index is 1.30. The van der Waals surface area contributed by atoms with Crippen LogP contribution in [0.4, 0.5) is 9.59 Å². The number of carbonyl (C=O) groups excluding carboxylic acids is 2. The third-order valence-electron chi connectivity index (χ3n) is 8.15. The molecule has 1 N–H and O–H groups in total. The molecule has 1 atom stereocenters. The quantitative estimate of drug-likeness (QED) is 0.514. The van der Waals surface area contributed by atoms with Gasteiger partial charge in [-0.15, -0.1) is 0 Å². The number of aliphatic carboxylic acids is 1. The first kappa shape index (κ1) is 27.0. The van der Waals surface area contributed by atoms with Crippen LogP contribution in [-0.2, 0) is 14.3 Å². The lowest BCUT2D eigenvalue weighted by atomic mass is 9.78. The topological polar surface area (TPSA) is 96.4 Å². The summed E-state index contributed by atoms with van der Waals surface area (Å²) in [5, 5.41) is 9.46. The van der Waals surface area contributed by atoms with Crippen molar-refractivity contribution in [1.29, 1.82) is 0 Å². The lowest BCUT2D eigenvalue weighted by molar-refractivity contribution is -0.147. The van der Waals surface area contributed by atoms with Crippen LogP contribution in [0.2, 0.25) is 0 Å². The van der Waals surface area contributed by atoms with E-state index in [2.05, 4.69) is 24.3 Å². The number of nitrogens with zero attached hydrogens (tertiary/aromatic N) is 2. The van der Waals surface area contributed by atoms with Crippen molar-refractivity contribution in [2.24, 2.45) is 5.92 Å². The standard InChI is InChI=1S/C31H38N2O6/c1-31(2,3)39-29(36)32-15-8-9-21(14-16-32)33(22-17-20(18-22)28(34)35)30(37)38-19-27-25-12-6-4-10-23(25)24-11-5-7-13-26(24)27/h4-7,10-13,20-22,27H,8-9,14-19H2,1-3H3,(H,34,35). The molecule has 1 heterocycles. The van der Waals surface area contributed by atoms with Crippen LogP contribution >= 0.6 is 0 Å². The van der Waals surface area contributed by atoms with Crippen LogP contribution in [0, 0.1) is 5.92 Å². The second-order valence-corrected chi connectivity index (χ2v) is 11.9. The van der Waals surface area contributed by atoms with E-state index in [0.717, 1.165) is 24.0 Å². The van der Waals surface area contributed by atoms with E-state index in [1.807, 2.05) is 45.0 Å². The van der Waals surface area contributed by atoms with Gasteiger partial charge in [0.25, 0.3) is 0 Å². The number of carbonyl (C=O) groups is 3. The molecule has 0 radical (unpaired) electrons. The van der Waals surface area contributed by atoms with Gasteiger partial charge in [0, 0.05) is 31.1 Å². The Morgan fingerprint density at radius 1 is 0.923 bits per heavy atom. The summed E-state index contributed by atoms with van der Waals surface area (Å²) in [7, 11) is 0. The number of likely N-dealkylation sites (tertiary alicyclic amines) is 1. The normalized spacial score (nSPS) is 22.6. The molecule has 8 heteroatoms. The van der Waals surface area contributed by atoms with Crippen LogP contribution in [0.5, 0.6) is 0 Å². The van der Waals surface area contributed by atoms with Crippen LogP contribution < -0.4 is 0 Å². The smallest absolute Gasteiger partial charge is 0.410 e. The number of carboxylic acids is 1. The van der Waals surface area contributed by atoms with Crippen molar-refractivity contribution >= 4 is 18.2 Å². The fourth-order valence-corrected chi connectivity index (χ4v) is 6.15. The predicted molar refractivity (Wildman–Crippen MR) is 147 cm³/mol. The molecule has 1 unspecified atom stereocenters. The van der Waals surface area contributed by atoms with E-state index in [9.17, 15) is 19.5 Å². The Kier molecular flexibility index (Phi) is 7.56. The first-order valence-electron chi connectivity index (χ1n) is 14.0. The molecule has 1 saturated carbocycles. The molecule has 2 fully saturated rings. The van der Waals surface area contributed by atoms with Crippen LogP contribution in [0.3, 0.4) is 0 Å². The highest BCUT2D eigenvalue weighted by molar-refractivity contribution is 5.79. The molecule has 0 aromatic heterocycles. The highest BCUT2D eigenvalue weighted by Gasteiger charge is 2.44. The van der Waals surface area contributed by atoms with E-state index in [1.54, 1.807) is 9.80 Å². The maximum atomic E-state index is 13.7. The summed E-state index contributed by atoms with van der Waals surface area (Å²) in [6.07, 6.45) is 2.14. The van der Waals surface area contributed by atoms with Crippen LogP contribution in [0.25, 0.3) is 11.1 Å². The number of carboxylic acid groups (broad SMARTS) is 1. The summed E-state index contributed by atoms with van der Waals surface area (Å²) < 4.78 is 11.6. The van der Waals surface area contributed by atoms with Crippen LogP contribution in [0.15, 0.2) is 48.5 Å². The molecule has 1 saturated heterocycles. The first-order valence-corrected chi connectivity index (χ1v) is 14.0. The van der Waals surface area contributed by atoms with Crippen molar-refractivity contribution in [2.75, 3.05) is 19.7 Å². The van der Waals surface area contributed by atoms with Gasteiger partial charge < -0.3 is 24.4 Å². The molecular formula is C31H38N2O6. The second kappa shape index (κ2) is 10.9. The minimum absolute atomic E-state index is 0.0480. The number of rotatable bonds is 5. The summed E-state index contributed by atoms with van der Waals surface area (Å²) in [4.78, 5) is 41.4. The zero-order valence-corrected chi connectivity index (χ0v) is 23.0. The van der Waals surface area contributed by atoms with Gasteiger partial charge in [0.05, 0.1) is 5.92 Å². The van der Waals surface area contributed by atoms with Gasteiger partial charge >= 0.3 is 18.2 Å². The Labute approximate surface area is 229 Å². The molecule has 1 aliphatic heterocycles. The summed E-state index contributed by atoms with van der Waals surface area (Å²) in [6.45, 7) is 6.79. The monoisotopic (exact) mass is 534 g/mol. The van der Waals surface area contributed by atoms with E-state index < -0.39 is 23.6 Å². The van der Waals surface area contributed by atoms with Crippen molar-refractivity contribution in [2.45, 2.75) is 76.5 Å². The van der Waals surface area contributed by atoms with Crippen molar-refractivity contribution in [3.05, 3.63) is 59.7 Å². The molecule has 0 bridgehead atoms. The van der Waals surface area contributed by atoms with Crippen molar-refractivity contribution in [1.82, 2.24) is 9.80 Å². The molecular weight excluding hydrogens is 496 g/mol. The summed E-state index contributed by atoms with van der Waals surface area (Å²) >= 11 is 0. The lowest BCUT2D eigenvalue weighted by Gasteiger charge is -2.44. The third-order valence-corrected chi connectivity index (χ3v) is 8.15. The number of ether oxygens (including phenoxy) is 2. The number of hydrogen-bond donors (Lipinski definition) is 1. The third kappa shape index (κ3) is 5.75. The summed E-state index contributed by atoms with van der Waals surface area (Å²) in [5.41, 5.74) is 4.05. The van der Waals surface area contributed by atoms with E-state index in [0.29, 0.717) is 32.4 Å². The molecule has 39 heavy (non-hydrogen) atoms. The molecule has 2 aromatic rings. The summed E-state index contributed by atoms with van der Waals surface area (Å²) in [6, 6.07) is 16.1. The molecule has 8 nitrogen and oxygen atoms in total. The predicted octanol–water partition coefficient (Wildman–Crippen LogP) is 5.89. The molecule has 5 rings (SSSR count). The second-order valence-electron chi connectivity index (χ2n) is 11.9. The molecule has 2 aliphatic carbocycles. The Morgan fingerprint density at radius 3 is 2.13 bits per heavy atom. The Hall–Kier alpha value is -3.55. The largest absolute Gasteiger partial charge is 0.481 e. The number of amides is 2. The van der Waals surface area contributed by atoms with Crippen LogP contribution in [0.1, 0.15) is 69.9 Å². The Bertz CT molecular complexity index is 1190. The maximum absolute atomic E-state index is 13.7. The molecule has 208 valence electrons. The van der Waals surface area contributed by atoms with E-state index in [1.165, 1.54) is 11.1 Å². The number of hydrogen-bond acceptors (Lipinski definition) is 5. The van der Waals surface area contributed by atoms with Gasteiger partial charge in [0.2, 0.25) is 0 Å². The highest BCUT2D eigenvalue weighted by Crippen LogP contribution is 2.45. The average molecular weight is 535 g/mol. The van der Waals surface area contributed by atoms with Gasteiger partial charge in [-0.1, -0.05) is 48.5 Å². The van der Waals surface area contributed by atoms with Gasteiger partial charge in [0.15, 0.2) is 0 Å². The number of fused-ring (bicyclic) bond motifs is 3. The minimum atomic E-state index is -0.823. The first-order chi connectivity index (χ1) is 18.6. The van der Waals surface area contributed by atoms with E-state index in [-0.39, 0.29) is 30.7 Å². The molecule has 0 spiro atoms. The average Bonchev–Trinajstić information content (AvgIpc) is 2.98. The lowest BCUT2D eigenvalue weighted by Crippen LogP contribution is -2.54. The van der Waals surface area contributed by atoms with E-state index in [4.69, 9.17) is 9.47 Å². The van der Waals surface area contributed by atoms with E-state index >= 15 is 0 Å². The minimum Gasteiger partial charge on any atom is -0.481 e. The number of benzene rings is 2. The van der Waals surface area contributed by atoms with Crippen molar-refractivity contribution < 1.29 is 29.0 Å². The van der Waals surface area contributed by atoms with Gasteiger partial charge in [-0.3, -0.25) is 4.79 Å². The molecule has 2 amide bonds. The molecule has 3 aliphatic rings. The van der Waals surface area contributed by atoms with Gasteiger partial charge in [0.1, 0.15) is 12.2 Å². The van der Waals surface area contributed by atoms with Gasteiger partial charge in [-0.2, -0.15) is 0 Å². The van der Waals surface area contributed by atoms with Crippen molar-refractivity contribution in [3.8, 4) is 11.1 Å². The van der Waals surface area contributed by atoms with Crippen LogP contribution in [-0.4, -0.2) is 70.4 Å². The van der Waals surface area contributed by atoms with Gasteiger partial charge in [-0.25, -0.2) is 9.59 Å². The fourth-order valence-electron chi connectivity index (χ4n) is 6.15. The zero-order valence-electron chi connectivity index (χ0n) is 23.0. The highest BCUT2D eigenvalue weighted by atomic mass is 16.6. The molecule has 2 aromatic carbocycles. The SMILES string of the molecule is CC(C)(C)OC(=O)N1CCCC(N(C(=O)OCC2c3ccccc3-c3ccccc32)C2CC(C(=O)O)C2)CC1. The van der Waals surface area contributed by atoms with Gasteiger partial charge in [-0.05, 0) is 75.1 Å².